The van der Waals surface area contributed by atoms with Gasteiger partial charge in [-0.15, -0.1) is 0 Å². The quantitative estimate of drug-likeness (QED) is 0.500. The number of piperidine rings is 2. The molecule has 38 heavy (non-hydrogen) atoms. The molecule has 0 aliphatic carbocycles. The minimum absolute atomic E-state index is 0.116. The van der Waals surface area contributed by atoms with E-state index in [0.717, 1.165) is 24.8 Å². The van der Waals surface area contributed by atoms with Crippen LogP contribution in [0, 0.1) is 23.2 Å². The van der Waals surface area contributed by atoms with Crippen LogP contribution in [0.1, 0.15) is 61.9 Å². The molecule has 2 aromatic rings. The fraction of sp³-hybridized carbons (Fsp3) is 0.571. The number of rotatable bonds is 9. The lowest BCUT2D eigenvalue weighted by molar-refractivity contribution is -0.144. The third-order valence-electron chi connectivity index (χ3n) is 7.60. The first-order valence-corrected chi connectivity index (χ1v) is 13.4. The molecule has 0 bridgehead atoms. The van der Waals surface area contributed by atoms with Gasteiger partial charge in [-0.05, 0) is 68.6 Å². The molecule has 0 amide bonds. The number of hydrogen-bond donors (Lipinski definition) is 1. The molecular weight excluding hydrogens is 495 g/mol. The number of carbonyl (C=O) groups is 1. The normalized spacial score (nSPS) is 18.9. The highest BCUT2D eigenvalue weighted by Crippen LogP contribution is 2.33. The van der Waals surface area contributed by atoms with Crippen molar-refractivity contribution >= 4 is 17.4 Å². The van der Waals surface area contributed by atoms with Crippen molar-refractivity contribution in [3.63, 3.8) is 0 Å². The van der Waals surface area contributed by atoms with Crippen LogP contribution in [0.4, 0.5) is 24.8 Å². The molecule has 204 valence electrons. The average Bonchev–Trinajstić information content (AvgIpc) is 2.93. The molecule has 1 aromatic carbocycles. The number of nitrogens with zero attached hydrogens (tertiary/aromatic N) is 5. The summed E-state index contributed by atoms with van der Waals surface area (Å²) in [5.74, 6) is -0.425. The minimum atomic E-state index is -4.67. The Kier molecular flexibility index (Phi) is 9.21. The largest absolute Gasteiger partial charge is 0.451 e. The summed E-state index contributed by atoms with van der Waals surface area (Å²) in [7, 11) is 0. The molecule has 1 N–H and O–H groups in total. The SMILES string of the molecule is N#Cc1ccc(CCCC(=O)[C@@H]2CCCN(c3cc(N4CCC(CCO)CC4)nc(C(F)(F)F)n3)C2)cc1. The highest BCUT2D eigenvalue weighted by atomic mass is 19.4. The van der Waals surface area contributed by atoms with E-state index in [1.54, 1.807) is 23.1 Å². The monoisotopic (exact) mass is 529 g/mol. The molecule has 0 saturated carbocycles. The molecule has 4 rings (SSSR count). The van der Waals surface area contributed by atoms with Gasteiger partial charge in [0.05, 0.1) is 11.6 Å². The molecular formula is C28H34F3N5O2. The van der Waals surface area contributed by atoms with Crippen LogP contribution in [0.3, 0.4) is 0 Å². The minimum Gasteiger partial charge on any atom is -0.396 e. The van der Waals surface area contributed by atoms with Crippen LogP contribution >= 0.6 is 0 Å². The van der Waals surface area contributed by atoms with Crippen LogP contribution in [0.2, 0.25) is 0 Å². The van der Waals surface area contributed by atoms with Gasteiger partial charge in [0, 0.05) is 51.2 Å². The summed E-state index contributed by atoms with van der Waals surface area (Å²) in [4.78, 5) is 24.4. The Morgan fingerprint density at radius 2 is 1.74 bits per heavy atom. The van der Waals surface area contributed by atoms with Crippen LogP contribution < -0.4 is 9.80 Å². The number of nitriles is 1. The molecule has 1 aromatic heterocycles. The standard InChI is InChI=1S/C28H34F3N5O2/c29-28(30,31)27-33-25(35-14-10-21(11-15-35)12-16-37)17-26(34-27)36-13-2-4-23(19-36)24(38)5-1-3-20-6-8-22(18-32)9-7-20/h6-9,17,21,23,37H,1-5,10-16,19H2/t23-/m1/s1. The van der Waals surface area contributed by atoms with Crippen molar-refractivity contribution in [1.29, 1.82) is 5.26 Å². The zero-order valence-electron chi connectivity index (χ0n) is 21.5. The van der Waals surface area contributed by atoms with Gasteiger partial charge in [-0.1, -0.05) is 12.1 Å². The summed E-state index contributed by atoms with van der Waals surface area (Å²) in [5, 5.41) is 18.1. The van der Waals surface area contributed by atoms with Gasteiger partial charge in [0.25, 0.3) is 0 Å². The van der Waals surface area contributed by atoms with E-state index in [-0.39, 0.29) is 29.9 Å². The van der Waals surface area contributed by atoms with Crippen LogP contribution in [0.5, 0.6) is 0 Å². The number of anilines is 2. The lowest BCUT2D eigenvalue weighted by Crippen LogP contribution is -2.40. The zero-order chi connectivity index (χ0) is 27.1. The Bertz CT molecular complexity index is 1120. The number of aryl methyl sites for hydroxylation is 1. The van der Waals surface area contributed by atoms with Crippen molar-refractivity contribution in [2.45, 2.75) is 57.5 Å². The number of alkyl halides is 3. The second kappa shape index (κ2) is 12.6. The third-order valence-corrected chi connectivity index (χ3v) is 7.60. The number of aromatic nitrogens is 2. The summed E-state index contributed by atoms with van der Waals surface area (Å²) < 4.78 is 41.1. The van der Waals surface area contributed by atoms with E-state index in [0.29, 0.717) is 69.8 Å². The first-order valence-electron chi connectivity index (χ1n) is 13.4. The van der Waals surface area contributed by atoms with Gasteiger partial charge in [-0.25, -0.2) is 9.97 Å². The number of halogens is 3. The van der Waals surface area contributed by atoms with Gasteiger partial charge in [-0.2, -0.15) is 18.4 Å². The van der Waals surface area contributed by atoms with Crippen molar-refractivity contribution in [2.24, 2.45) is 11.8 Å². The number of benzene rings is 1. The van der Waals surface area contributed by atoms with Crippen molar-refractivity contribution in [2.75, 3.05) is 42.6 Å². The van der Waals surface area contributed by atoms with Gasteiger partial charge in [0.1, 0.15) is 17.4 Å². The number of aliphatic hydroxyl groups is 1. The Morgan fingerprint density at radius 1 is 1.05 bits per heavy atom. The van der Waals surface area contributed by atoms with Crippen LogP contribution in [-0.4, -0.2) is 53.6 Å². The maximum absolute atomic E-state index is 13.7. The molecule has 2 aliphatic heterocycles. The molecule has 2 aliphatic rings. The summed E-state index contributed by atoms with van der Waals surface area (Å²) in [6, 6.07) is 11.0. The third kappa shape index (κ3) is 7.22. The molecule has 1 atom stereocenters. The van der Waals surface area contributed by atoms with Crippen molar-refractivity contribution in [3.05, 3.63) is 47.3 Å². The molecule has 3 heterocycles. The molecule has 10 heteroatoms. The van der Waals surface area contributed by atoms with Crippen molar-refractivity contribution in [3.8, 4) is 6.07 Å². The van der Waals surface area contributed by atoms with E-state index in [2.05, 4.69) is 16.0 Å². The van der Waals surface area contributed by atoms with Gasteiger partial charge in [0.15, 0.2) is 0 Å². The van der Waals surface area contributed by atoms with Crippen molar-refractivity contribution in [1.82, 2.24) is 9.97 Å². The van der Waals surface area contributed by atoms with Crippen LogP contribution in [-0.2, 0) is 17.4 Å². The molecule has 7 nitrogen and oxygen atoms in total. The first-order chi connectivity index (χ1) is 18.3. The van der Waals surface area contributed by atoms with E-state index >= 15 is 0 Å². The smallest absolute Gasteiger partial charge is 0.396 e. The number of aliphatic hydroxyl groups excluding tert-OH is 1. The van der Waals surface area contributed by atoms with E-state index in [1.165, 1.54) is 0 Å². The van der Waals surface area contributed by atoms with Crippen LogP contribution in [0.15, 0.2) is 30.3 Å². The lowest BCUT2D eigenvalue weighted by Gasteiger charge is -2.35. The second-order valence-electron chi connectivity index (χ2n) is 10.3. The van der Waals surface area contributed by atoms with Gasteiger partial charge < -0.3 is 14.9 Å². The zero-order valence-corrected chi connectivity index (χ0v) is 21.5. The maximum atomic E-state index is 13.7. The summed E-state index contributed by atoms with van der Waals surface area (Å²) in [6.45, 7) is 2.17. The van der Waals surface area contributed by atoms with Crippen molar-refractivity contribution < 1.29 is 23.1 Å². The fourth-order valence-electron chi connectivity index (χ4n) is 5.37. The average molecular weight is 530 g/mol. The molecule has 0 spiro atoms. The number of carbonyl (C=O) groups excluding carboxylic acids is 1. The van der Waals surface area contributed by atoms with E-state index in [9.17, 15) is 23.1 Å². The Morgan fingerprint density at radius 3 is 2.37 bits per heavy atom. The summed E-state index contributed by atoms with van der Waals surface area (Å²) in [6.07, 6.45) is 0.867. The predicted octanol–water partition coefficient (Wildman–Crippen LogP) is 4.77. The molecule has 2 saturated heterocycles. The fourth-order valence-corrected chi connectivity index (χ4v) is 5.37. The topological polar surface area (TPSA) is 93.4 Å². The Labute approximate surface area is 221 Å². The predicted molar refractivity (Wildman–Crippen MR) is 138 cm³/mol. The van der Waals surface area contributed by atoms with Crippen LogP contribution in [0.25, 0.3) is 0 Å². The van der Waals surface area contributed by atoms with Gasteiger partial charge in [-0.3, -0.25) is 4.79 Å². The summed E-state index contributed by atoms with van der Waals surface area (Å²) in [5.41, 5.74) is 1.66. The molecule has 0 radical (unpaired) electrons. The number of hydrogen-bond acceptors (Lipinski definition) is 7. The van der Waals surface area contributed by atoms with E-state index in [1.807, 2.05) is 17.0 Å². The number of Topliss-reactive ketones (excluding diaryl/α,β-unsaturated/α-hetero) is 1. The highest BCUT2D eigenvalue weighted by Gasteiger charge is 2.37. The highest BCUT2D eigenvalue weighted by molar-refractivity contribution is 5.81. The van der Waals surface area contributed by atoms with Gasteiger partial charge in [0.2, 0.25) is 5.82 Å². The Balaban J connectivity index is 1.41. The molecule has 2 fully saturated rings. The lowest BCUT2D eigenvalue weighted by atomic mass is 9.90. The number of ketones is 1. The second-order valence-corrected chi connectivity index (χ2v) is 10.3. The van der Waals surface area contributed by atoms with Gasteiger partial charge >= 0.3 is 6.18 Å². The van der Waals surface area contributed by atoms with E-state index in [4.69, 9.17) is 5.26 Å². The molecule has 0 unspecified atom stereocenters. The summed E-state index contributed by atoms with van der Waals surface area (Å²) >= 11 is 0. The Hall–Kier alpha value is -3.19. The maximum Gasteiger partial charge on any atom is 0.451 e. The van der Waals surface area contributed by atoms with E-state index < -0.39 is 12.0 Å². The first kappa shape index (κ1) is 27.8.